The van der Waals surface area contributed by atoms with Gasteiger partial charge in [-0.05, 0) is 13.8 Å². The van der Waals surface area contributed by atoms with Crippen molar-refractivity contribution < 1.29 is 9.59 Å². The number of rotatable bonds is 5. The Morgan fingerprint density at radius 1 is 1.47 bits per heavy atom. The maximum absolute atomic E-state index is 11.8. The first-order valence-electron chi connectivity index (χ1n) is 5.19. The van der Waals surface area contributed by atoms with Gasteiger partial charge in [-0.1, -0.05) is 6.92 Å². The van der Waals surface area contributed by atoms with Crippen LogP contribution in [0.2, 0.25) is 0 Å². The molecule has 1 rings (SSSR count). The highest BCUT2D eigenvalue weighted by atomic mass is 16.1. The lowest BCUT2D eigenvalue weighted by molar-refractivity contribution is -0.120. The summed E-state index contributed by atoms with van der Waals surface area (Å²) in [4.78, 5) is 23.2. The molecular weight excluding hydrogens is 192 g/mol. The third-order valence-electron chi connectivity index (χ3n) is 2.47. The quantitative estimate of drug-likeness (QED) is 0.546. The Morgan fingerprint density at radius 2 is 2.13 bits per heavy atom. The Balaban J connectivity index is 2.80. The van der Waals surface area contributed by atoms with Crippen molar-refractivity contribution in [2.75, 3.05) is 0 Å². The van der Waals surface area contributed by atoms with Gasteiger partial charge in [0.15, 0.2) is 5.78 Å². The number of carbonyl (C=O) groups excluding carboxylic acids is 2. The van der Waals surface area contributed by atoms with Crippen LogP contribution < -0.4 is 0 Å². The van der Waals surface area contributed by atoms with Crippen molar-refractivity contribution in [3.8, 4) is 0 Å². The van der Waals surface area contributed by atoms with Crippen molar-refractivity contribution in [2.24, 2.45) is 5.92 Å². The zero-order chi connectivity index (χ0) is 11.4. The predicted molar refractivity (Wildman–Crippen MR) is 56.7 cm³/mol. The van der Waals surface area contributed by atoms with E-state index in [-0.39, 0.29) is 11.6 Å². The zero-order valence-corrected chi connectivity index (χ0v) is 9.36. The van der Waals surface area contributed by atoms with Crippen molar-refractivity contribution in [2.45, 2.75) is 33.7 Å². The summed E-state index contributed by atoms with van der Waals surface area (Å²) in [6.07, 6.45) is 3.60. The molecule has 4 nitrogen and oxygen atoms in total. The molecule has 0 aliphatic carbocycles. The monoisotopic (exact) mass is 208 g/mol. The lowest BCUT2D eigenvalue weighted by Crippen LogP contribution is -2.20. The van der Waals surface area contributed by atoms with E-state index < -0.39 is 5.92 Å². The Bertz CT molecular complexity index is 368. The summed E-state index contributed by atoms with van der Waals surface area (Å²) in [6.45, 7) is 6.09. The molecule has 0 fully saturated rings. The predicted octanol–water partition coefficient (Wildman–Crippen LogP) is 1.70. The van der Waals surface area contributed by atoms with Gasteiger partial charge in [-0.2, -0.15) is 5.10 Å². The summed E-state index contributed by atoms with van der Waals surface area (Å²) in [7, 11) is 0. The van der Waals surface area contributed by atoms with Crippen molar-refractivity contribution in [3.63, 3.8) is 0 Å². The minimum atomic E-state index is -0.551. The average Bonchev–Trinajstić information content (AvgIpc) is 2.74. The van der Waals surface area contributed by atoms with Gasteiger partial charge < -0.3 is 0 Å². The third kappa shape index (κ3) is 2.52. The smallest absolute Gasteiger partial charge is 0.176 e. The minimum absolute atomic E-state index is 0.0238. The SMILES string of the molecule is CCC(=O)C(C)C(=O)c1cnn(CC)c1. The van der Waals surface area contributed by atoms with E-state index in [2.05, 4.69) is 5.10 Å². The van der Waals surface area contributed by atoms with Crippen LogP contribution in [-0.2, 0) is 11.3 Å². The number of ketones is 2. The lowest BCUT2D eigenvalue weighted by Gasteiger charge is -2.05. The highest BCUT2D eigenvalue weighted by Crippen LogP contribution is 2.10. The second-order valence-electron chi connectivity index (χ2n) is 3.49. The largest absolute Gasteiger partial charge is 0.299 e. The summed E-state index contributed by atoms with van der Waals surface area (Å²) in [6, 6.07) is 0. The van der Waals surface area contributed by atoms with Crippen LogP contribution in [0.15, 0.2) is 12.4 Å². The van der Waals surface area contributed by atoms with Crippen LogP contribution in [0.1, 0.15) is 37.6 Å². The van der Waals surface area contributed by atoms with E-state index in [9.17, 15) is 9.59 Å². The van der Waals surface area contributed by atoms with Gasteiger partial charge >= 0.3 is 0 Å². The average molecular weight is 208 g/mol. The molecule has 1 aromatic rings. The number of Topliss-reactive ketones (excluding diaryl/α,β-unsaturated/α-hetero) is 2. The molecule has 1 unspecified atom stereocenters. The molecule has 0 saturated carbocycles. The van der Waals surface area contributed by atoms with Gasteiger partial charge in [0.2, 0.25) is 0 Å². The van der Waals surface area contributed by atoms with Crippen LogP contribution in [0.3, 0.4) is 0 Å². The fraction of sp³-hybridized carbons (Fsp3) is 0.545. The summed E-state index contributed by atoms with van der Waals surface area (Å²) >= 11 is 0. The molecule has 0 N–H and O–H groups in total. The number of hydrogen-bond acceptors (Lipinski definition) is 3. The Morgan fingerprint density at radius 3 is 2.60 bits per heavy atom. The van der Waals surface area contributed by atoms with Crippen molar-refractivity contribution in [1.29, 1.82) is 0 Å². The van der Waals surface area contributed by atoms with E-state index in [4.69, 9.17) is 0 Å². The molecule has 1 aromatic heterocycles. The van der Waals surface area contributed by atoms with E-state index >= 15 is 0 Å². The van der Waals surface area contributed by atoms with Gasteiger partial charge in [0, 0.05) is 19.2 Å². The molecule has 0 bridgehead atoms. The number of hydrogen-bond donors (Lipinski definition) is 0. The molecule has 0 radical (unpaired) electrons. The van der Waals surface area contributed by atoms with Crippen LogP contribution in [0, 0.1) is 5.92 Å². The molecule has 4 heteroatoms. The molecule has 1 heterocycles. The highest BCUT2D eigenvalue weighted by molar-refractivity contribution is 6.10. The maximum Gasteiger partial charge on any atom is 0.176 e. The second-order valence-corrected chi connectivity index (χ2v) is 3.49. The summed E-state index contributed by atoms with van der Waals surface area (Å²) in [5.41, 5.74) is 0.520. The maximum atomic E-state index is 11.8. The van der Waals surface area contributed by atoms with Crippen LogP contribution in [0.4, 0.5) is 0 Å². The molecule has 0 amide bonds. The van der Waals surface area contributed by atoms with E-state index in [0.29, 0.717) is 12.0 Å². The molecule has 1 atom stereocenters. The highest BCUT2D eigenvalue weighted by Gasteiger charge is 2.22. The third-order valence-corrected chi connectivity index (χ3v) is 2.47. The van der Waals surface area contributed by atoms with Gasteiger partial charge in [-0.3, -0.25) is 14.3 Å². The molecule has 82 valence electrons. The van der Waals surface area contributed by atoms with Crippen molar-refractivity contribution >= 4 is 11.6 Å². The molecule has 0 aliphatic heterocycles. The molecule has 0 saturated heterocycles. The first-order valence-corrected chi connectivity index (χ1v) is 5.19. The molecule has 0 aromatic carbocycles. The Kier molecular flexibility index (Phi) is 3.77. The van der Waals surface area contributed by atoms with Gasteiger partial charge in [-0.15, -0.1) is 0 Å². The standard InChI is InChI=1S/C11H16N2O2/c1-4-10(14)8(3)11(15)9-6-12-13(5-2)7-9/h6-8H,4-5H2,1-3H3. The molecule has 15 heavy (non-hydrogen) atoms. The molecule has 0 spiro atoms. The topological polar surface area (TPSA) is 52.0 Å². The summed E-state index contributed by atoms with van der Waals surface area (Å²) in [5, 5.41) is 4.01. The van der Waals surface area contributed by atoms with E-state index in [1.165, 1.54) is 6.20 Å². The number of aryl methyl sites for hydroxylation is 1. The second kappa shape index (κ2) is 4.87. The molecule has 0 aliphatic rings. The van der Waals surface area contributed by atoms with E-state index in [1.807, 2.05) is 6.92 Å². The zero-order valence-electron chi connectivity index (χ0n) is 9.36. The van der Waals surface area contributed by atoms with Crippen molar-refractivity contribution in [3.05, 3.63) is 18.0 Å². The summed E-state index contributed by atoms with van der Waals surface area (Å²) in [5.74, 6) is -0.713. The fourth-order valence-electron chi connectivity index (χ4n) is 1.37. The lowest BCUT2D eigenvalue weighted by atomic mass is 9.96. The van der Waals surface area contributed by atoms with Gasteiger partial charge in [0.1, 0.15) is 5.78 Å². The fourth-order valence-corrected chi connectivity index (χ4v) is 1.37. The van der Waals surface area contributed by atoms with Gasteiger partial charge in [-0.25, -0.2) is 0 Å². The Labute approximate surface area is 89.3 Å². The first kappa shape index (κ1) is 11.6. The summed E-state index contributed by atoms with van der Waals surface area (Å²) < 4.78 is 1.68. The number of aromatic nitrogens is 2. The number of carbonyl (C=O) groups is 2. The van der Waals surface area contributed by atoms with E-state index in [0.717, 1.165) is 6.54 Å². The first-order chi connectivity index (χ1) is 7.10. The van der Waals surface area contributed by atoms with Gasteiger partial charge in [0.25, 0.3) is 0 Å². The normalized spacial score (nSPS) is 12.5. The number of nitrogens with zero attached hydrogens (tertiary/aromatic N) is 2. The van der Waals surface area contributed by atoms with Gasteiger partial charge in [0.05, 0.1) is 17.7 Å². The van der Waals surface area contributed by atoms with Crippen LogP contribution in [0.5, 0.6) is 0 Å². The van der Waals surface area contributed by atoms with Crippen LogP contribution in [0.25, 0.3) is 0 Å². The minimum Gasteiger partial charge on any atom is -0.299 e. The van der Waals surface area contributed by atoms with E-state index in [1.54, 1.807) is 24.7 Å². The molecular formula is C11H16N2O2. The van der Waals surface area contributed by atoms with Crippen LogP contribution >= 0.6 is 0 Å². The van der Waals surface area contributed by atoms with Crippen molar-refractivity contribution in [1.82, 2.24) is 9.78 Å². The Hall–Kier alpha value is -1.45. The van der Waals surface area contributed by atoms with Crippen LogP contribution in [-0.4, -0.2) is 21.3 Å².